The van der Waals surface area contributed by atoms with Crippen molar-refractivity contribution in [2.75, 3.05) is 7.05 Å². The summed E-state index contributed by atoms with van der Waals surface area (Å²) in [6, 6.07) is 0. The van der Waals surface area contributed by atoms with Crippen molar-refractivity contribution in [3.8, 4) is 0 Å². The Labute approximate surface area is 79.3 Å². The van der Waals surface area contributed by atoms with E-state index in [0.717, 1.165) is 17.6 Å². The van der Waals surface area contributed by atoms with Crippen molar-refractivity contribution >= 4 is 6.21 Å². The Kier molecular flexibility index (Phi) is 3.96. The van der Waals surface area contributed by atoms with Crippen LogP contribution < -0.4 is 0 Å². The summed E-state index contributed by atoms with van der Waals surface area (Å²) in [6.45, 7) is 1.89. The van der Waals surface area contributed by atoms with E-state index in [1.54, 1.807) is 0 Å². The Hall–Kier alpha value is -0.830. The molecule has 0 N–H and O–H groups in total. The normalized spacial score (nSPS) is 26.0. The molecule has 0 spiro atoms. The molecule has 1 aliphatic carbocycles. The van der Waals surface area contributed by atoms with Crippen molar-refractivity contribution < 1.29 is 9.48 Å². The van der Waals surface area contributed by atoms with Gasteiger partial charge >= 0.3 is 0 Å². The highest BCUT2D eigenvalue weighted by atomic mass is 16.5. The van der Waals surface area contributed by atoms with Crippen LogP contribution in [0.5, 0.6) is 0 Å². The lowest BCUT2D eigenvalue weighted by atomic mass is 10.1. The average molecular weight is 183 g/mol. The molecule has 1 rings (SSSR count). The smallest absolute Gasteiger partial charge is 0.179 e. The van der Waals surface area contributed by atoms with Crippen molar-refractivity contribution in [1.82, 2.24) is 0 Å². The van der Waals surface area contributed by atoms with Crippen molar-refractivity contribution in [2.45, 2.75) is 38.4 Å². The summed E-state index contributed by atoms with van der Waals surface area (Å²) in [5, 5.41) is 10.7. The molecule has 0 aliphatic heterocycles. The summed E-state index contributed by atoms with van der Waals surface area (Å²) in [5.74, 6) is 0. The molecule has 3 nitrogen and oxygen atoms in total. The van der Waals surface area contributed by atoms with E-state index in [0.29, 0.717) is 0 Å². The highest BCUT2D eigenvalue weighted by molar-refractivity contribution is 5.56. The topological polar surface area (TPSA) is 35.3 Å². The Morgan fingerprint density at radius 2 is 2.46 bits per heavy atom. The molecular weight excluding hydrogens is 166 g/mol. The number of hydrogen-bond acceptors (Lipinski definition) is 2. The van der Waals surface area contributed by atoms with Crippen molar-refractivity contribution in [3.05, 3.63) is 17.4 Å². The predicted molar refractivity (Wildman–Crippen MR) is 52.9 cm³/mol. The molecule has 0 aromatic rings. The van der Waals surface area contributed by atoms with Crippen molar-refractivity contribution in [2.24, 2.45) is 0 Å². The maximum absolute atomic E-state index is 10.7. The molecule has 0 saturated carbocycles. The fraction of sp³-hybridized carbons (Fsp3) is 0.700. The van der Waals surface area contributed by atoms with Gasteiger partial charge in [0, 0.05) is 0 Å². The quantitative estimate of drug-likeness (QED) is 0.219. The van der Waals surface area contributed by atoms with Crippen LogP contribution >= 0.6 is 0 Å². The van der Waals surface area contributed by atoms with E-state index in [1.807, 2.05) is 6.92 Å². The Balaban J connectivity index is 2.34. The van der Waals surface area contributed by atoms with Gasteiger partial charge in [-0.25, -0.2) is 4.74 Å². The first-order valence-corrected chi connectivity index (χ1v) is 4.75. The van der Waals surface area contributed by atoms with E-state index < -0.39 is 0 Å². The SMILES string of the molecule is C[C@@H](/C=[N+](/C)[O-])OC1C=CCCC1. The average Bonchev–Trinajstić information content (AvgIpc) is 2.04. The van der Waals surface area contributed by atoms with Gasteiger partial charge in [-0.3, -0.25) is 0 Å². The van der Waals surface area contributed by atoms with Crippen molar-refractivity contribution in [3.63, 3.8) is 0 Å². The zero-order valence-corrected chi connectivity index (χ0v) is 8.27. The zero-order valence-electron chi connectivity index (χ0n) is 8.27. The van der Waals surface area contributed by atoms with Gasteiger partial charge in [0.15, 0.2) is 6.21 Å². The molecule has 0 aromatic heterocycles. The second-order valence-electron chi connectivity index (χ2n) is 3.43. The molecule has 0 bridgehead atoms. The second kappa shape index (κ2) is 5.02. The lowest BCUT2D eigenvalue weighted by Crippen LogP contribution is -2.23. The summed E-state index contributed by atoms with van der Waals surface area (Å²) >= 11 is 0. The third-order valence-electron chi connectivity index (χ3n) is 2.02. The monoisotopic (exact) mass is 183 g/mol. The van der Waals surface area contributed by atoms with Gasteiger partial charge in [0.1, 0.15) is 13.2 Å². The van der Waals surface area contributed by atoms with Gasteiger partial charge in [0.05, 0.1) is 6.10 Å². The largest absolute Gasteiger partial charge is 0.624 e. The molecule has 0 amide bonds. The molecule has 0 heterocycles. The zero-order chi connectivity index (χ0) is 9.68. The van der Waals surface area contributed by atoms with Gasteiger partial charge in [-0.05, 0) is 26.2 Å². The van der Waals surface area contributed by atoms with E-state index >= 15 is 0 Å². The van der Waals surface area contributed by atoms with E-state index in [4.69, 9.17) is 4.74 Å². The lowest BCUT2D eigenvalue weighted by Gasteiger charge is -2.19. The van der Waals surface area contributed by atoms with E-state index in [9.17, 15) is 5.21 Å². The standard InChI is InChI=1S/C10H17NO2/c1-9(8-11(2)12)13-10-6-4-3-5-7-10/h4,6,8-10H,3,5,7H2,1-2H3/b11-8-/t9-,10?/m0/s1. The first kappa shape index (κ1) is 10.3. The molecule has 1 aliphatic rings. The molecule has 0 saturated heterocycles. The number of hydroxylamine groups is 1. The van der Waals surface area contributed by atoms with Gasteiger partial charge in [-0.1, -0.05) is 12.2 Å². The molecule has 0 fully saturated rings. The Morgan fingerprint density at radius 1 is 1.69 bits per heavy atom. The molecular formula is C10H17NO2. The van der Waals surface area contributed by atoms with E-state index in [-0.39, 0.29) is 12.2 Å². The van der Waals surface area contributed by atoms with Crippen LogP contribution in [0.1, 0.15) is 26.2 Å². The molecule has 0 aromatic carbocycles. The fourth-order valence-corrected chi connectivity index (χ4v) is 1.50. The molecule has 3 heteroatoms. The third kappa shape index (κ3) is 4.08. The summed E-state index contributed by atoms with van der Waals surface area (Å²) in [6.07, 6.45) is 9.25. The summed E-state index contributed by atoms with van der Waals surface area (Å²) in [7, 11) is 1.47. The van der Waals surface area contributed by atoms with Gasteiger partial charge in [-0.15, -0.1) is 0 Å². The molecule has 0 radical (unpaired) electrons. The second-order valence-corrected chi connectivity index (χ2v) is 3.43. The van der Waals surface area contributed by atoms with Gasteiger partial charge < -0.3 is 9.94 Å². The lowest BCUT2D eigenvalue weighted by molar-refractivity contribution is -0.420. The maximum atomic E-state index is 10.7. The van der Waals surface area contributed by atoms with E-state index in [1.165, 1.54) is 19.7 Å². The van der Waals surface area contributed by atoms with E-state index in [2.05, 4.69) is 12.2 Å². The first-order chi connectivity index (χ1) is 6.18. The number of nitrogens with zero attached hydrogens (tertiary/aromatic N) is 1. The van der Waals surface area contributed by atoms with Crippen LogP contribution in [0.2, 0.25) is 0 Å². The number of hydrogen-bond donors (Lipinski definition) is 0. The van der Waals surface area contributed by atoms with Gasteiger partial charge in [0.25, 0.3) is 0 Å². The molecule has 1 unspecified atom stereocenters. The minimum absolute atomic E-state index is 0.102. The minimum Gasteiger partial charge on any atom is -0.624 e. The number of allylic oxidation sites excluding steroid dienone is 1. The summed E-state index contributed by atoms with van der Waals surface area (Å²) in [4.78, 5) is 0. The molecule has 74 valence electrons. The van der Waals surface area contributed by atoms with Gasteiger partial charge in [0.2, 0.25) is 0 Å². The highest BCUT2D eigenvalue weighted by Gasteiger charge is 2.12. The first-order valence-electron chi connectivity index (χ1n) is 4.75. The highest BCUT2D eigenvalue weighted by Crippen LogP contribution is 2.14. The number of rotatable bonds is 3. The summed E-state index contributed by atoms with van der Waals surface area (Å²) in [5.41, 5.74) is 0. The molecule has 2 atom stereocenters. The number of ether oxygens (including phenoxy) is 1. The summed E-state index contributed by atoms with van der Waals surface area (Å²) < 4.78 is 6.41. The van der Waals surface area contributed by atoms with Crippen molar-refractivity contribution in [1.29, 1.82) is 0 Å². The molecule has 13 heavy (non-hydrogen) atoms. The third-order valence-corrected chi connectivity index (χ3v) is 2.02. The maximum Gasteiger partial charge on any atom is 0.179 e. The van der Waals surface area contributed by atoms with Crippen LogP contribution in [0, 0.1) is 5.21 Å². The van der Waals surface area contributed by atoms with Crippen LogP contribution in [0.15, 0.2) is 12.2 Å². The fourth-order valence-electron chi connectivity index (χ4n) is 1.50. The Bertz CT molecular complexity index is 207. The van der Waals surface area contributed by atoms with Crippen LogP contribution in [0.25, 0.3) is 0 Å². The van der Waals surface area contributed by atoms with Gasteiger partial charge in [-0.2, -0.15) is 0 Å². The van der Waals surface area contributed by atoms with Crippen LogP contribution in [0.3, 0.4) is 0 Å². The van der Waals surface area contributed by atoms with Crippen LogP contribution in [0.4, 0.5) is 0 Å². The predicted octanol–water partition coefficient (Wildman–Crippen LogP) is 1.71. The Morgan fingerprint density at radius 3 is 3.00 bits per heavy atom. The van der Waals surface area contributed by atoms with Crippen LogP contribution in [-0.2, 0) is 4.74 Å². The minimum atomic E-state index is -0.102. The van der Waals surface area contributed by atoms with Crippen LogP contribution in [-0.4, -0.2) is 30.2 Å².